The van der Waals surface area contributed by atoms with E-state index in [1.54, 1.807) is 24.3 Å². The molecule has 1 atom stereocenters. The fraction of sp³-hybridized carbons (Fsp3) is 0.222. The van der Waals surface area contributed by atoms with E-state index in [9.17, 15) is 14.0 Å². The van der Waals surface area contributed by atoms with E-state index in [-0.39, 0.29) is 23.7 Å². The molecule has 1 aliphatic rings. The van der Waals surface area contributed by atoms with Crippen molar-refractivity contribution in [3.05, 3.63) is 59.9 Å². The molecule has 0 radical (unpaired) electrons. The van der Waals surface area contributed by atoms with Gasteiger partial charge in [0.2, 0.25) is 5.91 Å². The maximum absolute atomic E-state index is 13.0. The van der Waals surface area contributed by atoms with Crippen LogP contribution in [0.5, 0.6) is 11.5 Å². The van der Waals surface area contributed by atoms with Crippen LogP contribution < -0.4 is 15.4 Å². The van der Waals surface area contributed by atoms with Gasteiger partial charge >= 0.3 is 0 Å². The molecule has 1 saturated heterocycles. The molecule has 2 N–H and O–H groups in total. The number of carbonyl (C=O) groups is 2. The van der Waals surface area contributed by atoms with Crippen LogP contribution in [0.15, 0.2) is 48.5 Å². The van der Waals surface area contributed by atoms with Gasteiger partial charge in [0.05, 0.1) is 5.56 Å². The SMILES string of the molecule is O=C1CCC(NC(=O)c2ccccc2Oc2ccc(F)cc2)CN1. The normalized spacial score (nSPS) is 17.0. The summed E-state index contributed by atoms with van der Waals surface area (Å²) in [6, 6.07) is 12.3. The van der Waals surface area contributed by atoms with Crippen LogP contribution in [-0.2, 0) is 4.79 Å². The second kappa shape index (κ2) is 7.12. The van der Waals surface area contributed by atoms with Crippen LogP contribution in [0, 0.1) is 5.82 Å². The minimum absolute atomic E-state index is 0.000502. The van der Waals surface area contributed by atoms with E-state index in [4.69, 9.17) is 4.74 Å². The van der Waals surface area contributed by atoms with Gasteiger partial charge in [-0.3, -0.25) is 9.59 Å². The van der Waals surface area contributed by atoms with Gasteiger partial charge in [0.1, 0.15) is 17.3 Å². The Morgan fingerprint density at radius 1 is 1.17 bits per heavy atom. The lowest BCUT2D eigenvalue weighted by atomic mass is 10.1. The number of para-hydroxylation sites is 1. The van der Waals surface area contributed by atoms with Gasteiger partial charge in [-0.1, -0.05) is 12.1 Å². The third-order valence-electron chi connectivity index (χ3n) is 3.77. The molecule has 24 heavy (non-hydrogen) atoms. The molecular weight excluding hydrogens is 311 g/mol. The van der Waals surface area contributed by atoms with E-state index in [0.29, 0.717) is 36.4 Å². The Morgan fingerprint density at radius 3 is 2.62 bits per heavy atom. The fourth-order valence-corrected chi connectivity index (χ4v) is 2.49. The molecule has 1 aliphatic heterocycles. The Hall–Kier alpha value is -2.89. The van der Waals surface area contributed by atoms with Crippen LogP contribution in [0.25, 0.3) is 0 Å². The third kappa shape index (κ3) is 3.90. The molecule has 0 aromatic heterocycles. The first-order valence-corrected chi connectivity index (χ1v) is 7.72. The Bertz CT molecular complexity index is 736. The highest BCUT2D eigenvalue weighted by molar-refractivity contribution is 5.97. The molecule has 0 aliphatic carbocycles. The minimum atomic E-state index is -0.354. The van der Waals surface area contributed by atoms with Crippen LogP contribution in [0.2, 0.25) is 0 Å². The molecule has 0 bridgehead atoms. The van der Waals surface area contributed by atoms with Crippen LogP contribution in [0.4, 0.5) is 4.39 Å². The smallest absolute Gasteiger partial charge is 0.255 e. The summed E-state index contributed by atoms with van der Waals surface area (Å²) in [5.41, 5.74) is 0.388. The average Bonchev–Trinajstić information content (AvgIpc) is 2.59. The topological polar surface area (TPSA) is 67.4 Å². The van der Waals surface area contributed by atoms with Crippen molar-refractivity contribution >= 4 is 11.8 Å². The minimum Gasteiger partial charge on any atom is -0.457 e. The molecule has 2 aromatic rings. The highest BCUT2D eigenvalue weighted by Gasteiger charge is 2.21. The first-order valence-electron chi connectivity index (χ1n) is 7.72. The number of nitrogens with one attached hydrogen (secondary N) is 2. The third-order valence-corrected chi connectivity index (χ3v) is 3.77. The Kier molecular flexibility index (Phi) is 4.74. The predicted octanol–water partition coefficient (Wildman–Crippen LogP) is 2.63. The standard InChI is InChI=1S/C18H17FN2O3/c19-12-5-8-14(9-6-12)24-16-4-2-1-3-15(16)18(23)21-13-7-10-17(22)20-11-13/h1-6,8-9,13H,7,10-11H2,(H,20,22)(H,21,23). The Balaban J connectivity index is 1.72. The lowest BCUT2D eigenvalue weighted by molar-refractivity contribution is -0.122. The summed E-state index contributed by atoms with van der Waals surface area (Å²) in [4.78, 5) is 23.7. The van der Waals surface area contributed by atoms with Gasteiger partial charge in [-0.25, -0.2) is 4.39 Å². The van der Waals surface area contributed by atoms with Crippen LogP contribution >= 0.6 is 0 Å². The number of rotatable bonds is 4. The van der Waals surface area contributed by atoms with Crippen LogP contribution in [0.1, 0.15) is 23.2 Å². The number of halogens is 1. The summed E-state index contributed by atoms with van der Waals surface area (Å²) in [7, 11) is 0. The number of benzene rings is 2. The average molecular weight is 328 g/mol. The summed E-state index contributed by atoms with van der Waals surface area (Å²) < 4.78 is 18.7. The molecule has 5 nitrogen and oxygen atoms in total. The quantitative estimate of drug-likeness (QED) is 0.907. The molecule has 1 fully saturated rings. The number of ether oxygens (including phenoxy) is 1. The monoisotopic (exact) mass is 328 g/mol. The largest absolute Gasteiger partial charge is 0.457 e. The van der Waals surface area contributed by atoms with Crippen molar-refractivity contribution in [1.82, 2.24) is 10.6 Å². The van der Waals surface area contributed by atoms with E-state index in [1.165, 1.54) is 24.3 Å². The van der Waals surface area contributed by atoms with Crippen molar-refractivity contribution in [2.45, 2.75) is 18.9 Å². The first kappa shape index (κ1) is 16.0. The highest BCUT2D eigenvalue weighted by atomic mass is 19.1. The van der Waals surface area contributed by atoms with Gasteiger partial charge in [-0.05, 0) is 42.8 Å². The van der Waals surface area contributed by atoms with Crippen molar-refractivity contribution in [3.63, 3.8) is 0 Å². The van der Waals surface area contributed by atoms with Gasteiger partial charge in [0.15, 0.2) is 0 Å². The van der Waals surface area contributed by atoms with Gasteiger partial charge in [-0.15, -0.1) is 0 Å². The van der Waals surface area contributed by atoms with Crippen molar-refractivity contribution in [2.24, 2.45) is 0 Å². The maximum atomic E-state index is 13.0. The molecule has 3 rings (SSSR count). The molecule has 1 unspecified atom stereocenters. The fourth-order valence-electron chi connectivity index (χ4n) is 2.49. The number of piperidine rings is 1. The number of carbonyl (C=O) groups excluding carboxylic acids is 2. The molecule has 2 amide bonds. The predicted molar refractivity (Wildman–Crippen MR) is 86.4 cm³/mol. The molecule has 6 heteroatoms. The van der Waals surface area contributed by atoms with E-state index in [1.807, 2.05) is 0 Å². The number of hydrogen-bond acceptors (Lipinski definition) is 3. The Morgan fingerprint density at radius 2 is 1.92 bits per heavy atom. The Labute approximate surface area is 138 Å². The van der Waals surface area contributed by atoms with Gasteiger partial charge in [0.25, 0.3) is 5.91 Å². The summed E-state index contributed by atoms with van der Waals surface area (Å²) in [5, 5.41) is 5.63. The number of hydrogen-bond donors (Lipinski definition) is 2. The lowest BCUT2D eigenvalue weighted by Gasteiger charge is -2.23. The molecule has 2 aromatic carbocycles. The van der Waals surface area contributed by atoms with Crippen molar-refractivity contribution in [2.75, 3.05) is 6.54 Å². The van der Waals surface area contributed by atoms with Crippen molar-refractivity contribution < 1.29 is 18.7 Å². The highest BCUT2D eigenvalue weighted by Crippen LogP contribution is 2.25. The van der Waals surface area contributed by atoms with E-state index in [2.05, 4.69) is 10.6 Å². The molecule has 0 spiro atoms. The second-order valence-corrected chi connectivity index (χ2v) is 5.57. The summed E-state index contributed by atoms with van der Waals surface area (Å²) in [6.07, 6.45) is 1.01. The second-order valence-electron chi connectivity index (χ2n) is 5.57. The van der Waals surface area contributed by atoms with Gasteiger partial charge in [0, 0.05) is 19.0 Å². The zero-order chi connectivity index (χ0) is 16.9. The van der Waals surface area contributed by atoms with Crippen LogP contribution in [-0.4, -0.2) is 24.4 Å². The summed E-state index contributed by atoms with van der Waals surface area (Å²) in [5.74, 6) is 0.213. The molecule has 1 heterocycles. The van der Waals surface area contributed by atoms with Crippen molar-refractivity contribution in [1.29, 1.82) is 0 Å². The summed E-state index contributed by atoms with van der Waals surface area (Å²) >= 11 is 0. The van der Waals surface area contributed by atoms with E-state index < -0.39 is 0 Å². The zero-order valence-corrected chi connectivity index (χ0v) is 12.9. The zero-order valence-electron chi connectivity index (χ0n) is 12.9. The molecular formula is C18H17FN2O3. The van der Waals surface area contributed by atoms with Gasteiger partial charge in [-0.2, -0.15) is 0 Å². The molecule has 0 saturated carbocycles. The summed E-state index contributed by atoms with van der Waals surface area (Å²) in [6.45, 7) is 0.422. The first-order chi connectivity index (χ1) is 11.6. The van der Waals surface area contributed by atoms with Crippen LogP contribution in [0.3, 0.4) is 0 Å². The molecule has 124 valence electrons. The number of amides is 2. The van der Waals surface area contributed by atoms with Gasteiger partial charge < -0.3 is 15.4 Å². The lowest BCUT2D eigenvalue weighted by Crippen LogP contribution is -2.47. The van der Waals surface area contributed by atoms with E-state index in [0.717, 1.165) is 0 Å². The maximum Gasteiger partial charge on any atom is 0.255 e. The van der Waals surface area contributed by atoms with Crippen molar-refractivity contribution in [3.8, 4) is 11.5 Å². The van der Waals surface area contributed by atoms with E-state index >= 15 is 0 Å².